The van der Waals surface area contributed by atoms with Gasteiger partial charge in [0.25, 0.3) is 5.91 Å². The predicted molar refractivity (Wildman–Crippen MR) is 123 cm³/mol. The van der Waals surface area contributed by atoms with Crippen molar-refractivity contribution >= 4 is 24.2 Å². The van der Waals surface area contributed by atoms with E-state index in [-0.39, 0.29) is 36.2 Å². The summed E-state index contributed by atoms with van der Waals surface area (Å²) in [4.78, 5) is 26.9. The molecule has 0 radical (unpaired) electrons. The van der Waals surface area contributed by atoms with E-state index in [9.17, 15) is 9.59 Å². The molecule has 30 heavy (non-hydrogen) atoms. The number of nitrogens with zero attached hydrogens (tertiary/aromatic N) is 1. The van der Waals surface area contributed by atoms with Crippen LogP contribution in [0.4, 0.5) is 0 Å². The molecular weight excluding hydrogens is 398 g/mol. The first-order chi connectivity index (χ1) is 14.0. The molecule has 2 aromatic carbocycles. The maximum Gasteiger partial charge on any atom is 0.253 e. The lowest BCUT2D eigenvalue weighted by Gasteiger charge is -2.31. The fourth-order valence-electron chi connectivity index (χ4n) is 3.71. The van der Waals surface area contributed by atoms with E-state index < -0.39 is 0 Å². The Morgan fingerprint density at radius 3 is 2.13 bits per heavy atom. The minimum atomic E-state index is -0.222. The van der Waals surface area contributed by atoms with Crippen LogP contribution in [0.1, 0.15) is 60.1 Å². The van der Waals surface area contributed by atoms with Crippen LogP contribution in [0.25, 0.3) is 0 Å². The lowest BCUT2D eigenvalue weighted by atomic mass is 9.95. The molecule has 1 unspecified atom stereocenters. The number of nitrogens with one attached hydrogen (secondary N) is 1. The Kier molecular flexibility index (Phi) is 8.88. The van der Waals surface area contributed by atoms with Gasteiger partial charge >= 0.3 is 0 Å². The number of halogens is 1. The number of piperidine rings is 1. The van der Waals surface area contributed by atoms with E-state index >= 15 is 0 Å². The molecule has 0 spiro atoms. The maximum absolute atomic E-state index is 12.6. The van der Waals surface area contributed by atoms with Crippen molar-refractivity contribution in [2.75, 3.05) is 19.6 Å². The molecular formula is C24H32ClN3O2. The molecule has 1 atom stereocenters. The number of nitrogens with two attached hydrogens (primary N) is 1. The standard InChI is InChI=1S/C24H31N3O2.ClH/c1-17(2)18-8-10-19(11-9-18)22(25)16-26-23(28)20-12-14-27(15-13-20)24(29)21-6-4-3-5-7-21;/h3-11,17,20,22H,12-16,25H2,1-2H3,(H,26,28);1H. The van der Waals surface area contributed by atoms with Crippen LogP contribution in [0.2, 0.25) is 0 Å². The van der Waals surface area contributed by atoms with Crippen molar-refractivity contribution < 1.29 is 9.59 Å². The number of benzene rings is 2. The van der Waals surface area contributed by atoms with Gasteiger partial charge in [-0.2, -0.15) is 0 Å². The molecule has 6 heteroatoms. The lowest BCUT2D eigenvalue weighted by molar-refractivity contribution is -0.126. The van der Waals surface area contributed by atoms with Crippen LogP contribution < -0.4 is 11.1 Å². The smallest absolute Gasteiger partial charge is 0.253 e. The van der Waals surface area contributed by atoms with Crippen LogP contribution in [0.3, 0.4) is 0 Å². The Morgan fingerprint density at radius 1 is 1.00 bits per heavy atom. The van der Waals surface area contributed by atoms with E-state index in [2.05, 4.69) is 31.3 Å². The summed E-state index contributed by atoms with van der Waals surface area (Å²) in [6, 6.07) is 17.4. The van der Waals surface area contributed by atoms with Crippen molar-refractivity contribution in [1.29, 1.82) is 0 Å². The van der Waals surface area contributed by atoms with Crippen molar-refractivity contribution in [3.05, 3.63) is 71.3 Å². The highest BCUT2D eigenvalue weighted by Crippen LogP contribution is 2.20. The van der Waals surface area contributed by atoms with Crippen LogP contribution in [0.5, 0.6) is 0 Å². The fraction of sp³-hybridized carbons (Fsp3) is 0.417. The predicted octanol–water partition coefficient (Wildman–Crippen LogP) is 3.90. The van der Waals surface area contributed by atoms with Gasteiger partial charge in [0.15, 0.2) is 0 Å². The summed E-state index contributed by atoms with van der Waals surface area (Å²) in [5.41, 5.74) is 9.26. The number of carbonyl (C=O) groups excluding carboxylic acids is 2. The molecule has 1 heterocycles. The van der Waals surface area contributed by atoms with Crippen LogP contribution in [-0.2, 0) is 4.79 Å². The average molecular weight is 430 g/mol. The zero-order chi connectivity index (χ0) is 20.8. The zero-order valence-corrected chi connectivity index (χ0v) is 18.5. The Morgan fingerprint density at radius 2 is 1.57 bits per heavy atom. The summed E-state index contributed by atoms with van der Waals surface area (Å²) in [6.07, 6.45) is 1.37. The first kappa shape index (κ1) is 23.9. The van der Waals surface area contributed by atoms with Crippen LogP contribution in [-0.4, -0.2) is 36.3 Å². The number of likely N-dealkylation sites (tertiary alicyclic amines) is 1. The van der Waals surface area contributed by atoms with E-state index in [1.54, 1.807) is 0 Å². The largest absolute Gasteiger partial charge is 0.354 e. The molecule has 2 aromatic rings. The first-order valence-electron chi connectivity index (χ1n) is 10.4. The lowest BCUT2D eigenvalue weighted by Crippen LogP contribution is -2.44. The third kappa shape index (κ3) is 6.07. The molecule has 3 rings (SSSR count). The Hall–Kier alpha value is -2.37. The SMILES string of the molecule is CC(C)c1ccc(C(N)CNC(=O)C2CCN(C(=O)c3ccccc3)CC2)cc1.Cl. The first-order valence-corrected chi connectivity index (χ1v) is 10.4. The summed E-state index contributed by atoms with van der Waals surface area (Å²) in [7, 11) is 0. The molecule has 2 amide bonds. The highest BCUT2D eigenvalue weighted by Gasteiger charge is 2.27. The Bertz CT molecular complexity index is 816. The van der Waals surface area contributed by atoms with Gasteiger partial charge in [-0.25, -0.2) is 0 Å². The fourth-order valence-corrected chi connectivity index (χ4v) is 3.71. The molecule has 1 saturated heterocycles. The van der Waals surface area contributed by atoms with Crippen molar-refractivity contribution in [1.82, 2.24) is 10.2 Å². The van der Waals surface area contributed by atoms with Gasteiger partial charge in [0, 0.05) is 37.2 Å². The van der Waals surface area contributed by atoms with Gasteiger partial charge in [0.2, 0.25) is 5.91 Å². The van der Waals surface area contributed by atoms with E-state index in [1.165, 1.54) is 5.56 Å². The molecule has 0 bridgehead atoms. The second kappa shape index (κ2) is 11.1. The van der Waals surface area contributed by atoms with E-state index in [0.29, 0.717) is 44.0 Å². The van der Waals surface area contributed by atoms with Gasteiger partial charge in [-0.05, 0) is 42.0 Å². The van der Waals surface area contributed by atoms with E-state index in [1.807, 2.05) is 47.4 Å². The second-order valence-electron chi connectivity index (χ2n) is 8.11. The van der Waals surface area contributed by atoms with Gasteiger partial charge in [-0.15, -0.1) is 12.4 Å². The summed E-state index contributed by atoms with van der Waals surface area (Å²) in [6.45, 7) is 5.95. The molecule has 0 aromatic heterocycles. The van der Waals surface area contributed by atoms with Crippen molar-refractivity contribution in [3.8, 4) is 0 Å². The number of hydrogen-bond donors (Lipinski definition) is 2. The quantitative estimate of drug-likeness (QED) is 0.731. The number of amides is 2. The monoisotopic (exact) mass is 429 g/mol. The number of carbonyl (C=O) groups is 2. The van der Waals surface area contributed by atoms with E-state index in [0.717, 1.165) is 5.56 Å². The van der Waals surface area contributed by atoms with Crippen molar-refractivity contribution in [3.63, 3.8) is 0 Å². The summed E-state index contributed by atoms with van der Waals surface area (Å²) < 4.78 is 0. The van der Waals surface area contributed by atoms with Crippen LogP contribution >= 0.6 is 12.4 Å². The highest BCUT2D eigenvalue weighted by molar-refractivity contribution is 5.94. The summed E-state index contributed by atoms with van der Waals surface area (Å²) >= 11 is 0. The Balaban J connectivity index is 0.00000320. The molecule has 0 aliphatic carbocycles. The molecule has 162 valence electrons. The topological polar surface area (TPSA) is 75.4 Å². The highest BCUT2D eigenvalue weighted by atomic mass is 35.5. The molecule has 1 aliphatic heterocycles. The molecule has 5 nitrogen and oxygen atoms in total. The third-order valence-corrected chi connectivity index (χ3v) is 5.70. The summed E-state index contributed by atoms with van der Waals surface area (Å²) in [5.74, 6) is 0.493. The van der Waals surface area contributed by atoms with Gasteiger partial charge in [-0.1, -0.05) is 56.3 Å². The van der Waals surface area contributed by atoms with Gasteiger partial charge in [0.05, 0.1) is 0 Å². The van der Waals surface area contributed by atoms with Gasteiger partial charge in [0.1, 0.15) is 0 Å². The number of rotatable bonds is 6. The maximum atomic E-state index is 12.6. The van der Waals surface area contributed by atoms with Crippen molar-refractivity contribution in [2.45, 2.75) is 38.6 Å². The summed E-state index contributed by atoms with van der Waals surface area (Å²) in [5, 5.41) is 3.00. The van der Waals surface area contributed by atoms with Gasteiger partial charge in [-0.3, -0.25) is 9.59 Å². The Labute approximate surface area is 185 Å². The zero-order valence-electron chi connectivity index (χ0n) is 17.7. The third-order valence-electron chi connectivity index (χ3n) is 5.70. The molecule has 1 aliphatic rings. The normalized spacial score (nSPS) is 15.4. The minimum Gasteiger partial charge on any atom is -0.354 e. The van der Waals surface area contributed by atoms with Crippen LogP contribution in [0, 0.1) is 5.92 Å². The van der Waals surface area contributed by atoms with E-state index in [4.69, 9.17) is 5.73 Å². The molecule has 0 saturated carbocycles. The minimum absolute atomic E-state index is 0. The second-order valence-corrected chi connectivity index (χ2v) is 8.11. The van der Waals surface area contributed by atoms with Crippen molar-refractivity contribution in [2.24, 2.45) is 11.7 Å². The average Bonchev–Trinajstić information content (AvgIpc) is 2.77. The molecule has 1 fully saturated rings. The van der Waals surface area contributed by atoms with Crippen LogP contribution in [0.15, 0.2) is 54.6 Å². The number of hydrogen-bond acceptors (Lipinski definition) is 3. The molecule has 3 N–H and O–H groups in total. The van der Waals surface area contributed by atoms with Gasteiger partial charge < -0.3 is 16.0 Å².